The minimum absolute atomic E-state index is 0.177. The molecule has 0 saturated carbocycles. The van der Waals surface area contributed by atoms with Crippen molar-refractivity contribution in [3.8, 4) is 0 Å². The molecule has 0 aromatic carbocycles. The Balaban J connectivity index is 1.81. The summed E-state index contributed by atoms with van der Waals surface area (Å²) in [4.78, 5) is 5.35. The van der Waals surface area contributed by atoms with Crippen LogP contribution < -0.4 is 5.32 Å². The highest BCUT2D eigenvalue weighted by atomic mass is 15.3. The molecule has 116 valence electrons. The van der Waals surface area contributed by atoms with Crippen molar-refractivity contribution in [3.63, 3.8) is 0 Å². The first-order chi connectivity index (χ1) is 9.35. The van der Waals surface area contributed by atoms with E-state index in [1.165, 1.54) is 44.5 Å². The zero-order valence-electron chi connectivity index (χ0n) is 13.9. The van der Waals surface area contributed by atoms with Crippen molar-refractivity contribution in [1.82, 2.24) is 15.1 Å². The van der Waals surface area contributed by atoms with E-state index in [9.17, 15) is 0 Å². The first-order valence-electron chi connectivity index (χ1n) is 8.25. The van der Waals surface area contributed by atoms with Gasteiger partial charge in [-0.2, -0.15) is 0 Å². The van der Waals surface area contributed by atoms with Crippen molar-refractivity contribution in [3.05, 3.63) is 12.2 Å². The Hall–Kier alpha value is -0.380. The first kappa shape index (κ1) is 16.0. The number of fused-ring (bicyclic) bond motifs is 1. The molecule has 1 N–H and O–H groups in total. The molecule has 2 aliphatic heterocycles. The molecule has 0 aromatic heterocycles. The van der Waals surface area contributed by atoms with Gasteiger partial charge in [-0.25, -0.2) is 0 Å². The smallest absolute Gasteiger partial charge is 0.0224 e. The molecule has 0 amide bonds. The molecular weight excluding hydrogens is 246 g/mol. The van der Waals surface area contributed by atoms with Crippen LogP contribution in [0.2, 0.25) is 0 Å². The lowest BCUT2D eigenvalue weighted by Crippen LogP contribution is -2.59. The molecule has 0 aromatic rings. The van der Waals surface area contributed by atoms with E-state index in [1.54, 1.807) is 0 Å². The SMILES string of the molecule is C=C(CNC(C)(C)C)CN1CC2CCCCN2CC1C. The standard InChI is InChI=1S/C17H33N3/c1-14(10-18-17(3,4)5)11-20-13-16-8-6-7-9-19(16)12-15(20)2/h15-16,18H,1,6-13H2,2-5H3. The monoisotopic (exact) mass is 279 g/mol. The number of hydrogen-bond acceptors (Lipinski definition) is 3. The van der Waals surface area contributed by atoms with Crippen molar-refractivity contribution in [2.45, 2.75) is 64.6 Å². The van der Waals surface area contributed by atoms with Crippen LogP contribution in [-0.4, -0.2) is 60.1 Å². The molecule has 0 spiro atoms. The van der Waals surface area contributed by atoms with Gasteiger partial charge in [-0.3, -0.25) is 9.80 Å². The lowest BCUT2D eigenvalue weighted by Gasteiger charge is -2.47. The predicted octanol–water partition coefficient (Wildman–Crippen LogP) is 2.49. The Kier molecular flexibility index (Phi) is 5.27. The molecule has 2 aliphatic rings. The molecule has 2 rings (SSSR count). The lowest BCUT2D eigenvalue weighted by molar-refractivity contribution is 0.0200. The summed E-state index contributed by atoms with van der Waals surface area (Å²) in [6, 6.07) is 1.46. The van der Waals surface area contributed by atoms with E-state index in [4.69, 9.17) is 0 Å². The van der Waals surface area contributed by atoms with E-state index >= 15 is 0 Å². The maximum atomic E-state index is 4.27. The first-order valence-corrected chi connectivity index (χ1v) is 8.25. The molecular formula is C17H33N3. The molecule has 2 heterocycles. The summed E-state index contributed by atoms with van der Waals surface area (Å²) >= 11 is 0. The summed E-state index contributed by atoms with van der Waals surface area (Å²) in [6.45, 7) is 19.0. The van der Waals surface area contributed by atoms with Crippen LogP contribution in [0.15, 0.2) is 12.2 Å². The van der Waals surface area contributed by atoms with Gasteiger partial charge in [0.05, 0.1) is 0 Å². The average molecular weight is 279 g/mol. The van der Waals surface area contributed by atoms with Crippen LogP contribution in [0, 0.1) is 0 Å². The third kappa shape index (κ3) is 4.57. The van der Waals surface area contributed by atoms with Gasteiger partial charge in [-0.15, -0.1) is 0 Å². The second-order valence-electron chi connectivity index (χ2n) is 7.78. The Labute approximate surface area is 125 Å². The topological polar surface area (TPSA) is 18.5 Å². The van der Waals surface area contributed by atoms with Crippen LogP contribution in [0.25, 0.3) is 0 Å². The number of piperazine rings is 1. The van der Waals surface area contributed by atoms with Crippen LogP contribution in [0.5, 0.6) is 0 Å². The predicted molar refractivity (Wildman–Crippen MR) is 87.1 cm³/mol. The Morgan fingerprint density at radius 1 is 1.25 bits per heavy atom. The molecule has 2 saturated heterocycles. The van der Waals surface area contributed by atoms with Gasteiger partial charge in [0.1, 0.15) is 0 Å². The maximum Gasteiger partial charge on any atom is 0.0224 e. The molecule has 0 bridgehead atoms. The highest BCUT2D eigenvalue weighted by Gasteiger charge is 2.32. The van der Waals surface area contributed by atoms with E-state index in [2.05, 4.69) is 49.4 Å². The van der Waals surface area contributed by atoms with Gasteiger partial charge in [0.2, 0.25) is 0 Å². The van der Waals surface area contributed by atoms with E-state index in [-0.39, 0.29) is 5.54 Å². The molecule has 20 heavy (non-hydrogen) atoms. The highest BCUT2D eigenvalue weighted by molar-refractivity contribution is 5.03. The third-order valence-electron chi connectivity index (χ3n) is 4.61. The highest BCUT2D eigenvalue weighted by Crippen LogP contribution is 2.24. The normalized spacial score (nSPS) is 29.2. The van der Waals surface area contributed by atoms with Gasteiger partial charge in [0, 0.05) is 43.8 Å². The van der Waals surface area contributed by atoms with E-state index in [1.807, 2.05) is 0 Å². The van der Waals surface area contributed by atoms with Gasteiger partial charge < -0.3 is 5.32 Å². The second-order valence-corrected chi connectivity index (χ2v) is 7.78. The fraction of sp³-hybridized carbons (Fsp3) is 0.882. The molecule has 3 nitrogen and oxygen atoms in total. The van der Waals surface area contributed by atoms with Gasteiger partial charge in [-0.1, -0.05) is 13.0 Å². The summed E-state index contributed by atoms with van der Waals surface area (Å²) in [5.41, 5.74) is 1.49. The Morgan fingerprint density at radius 2 is 2.00 bits per heavy atom. The van der Waals surface area contributed by atoms with E-state index < -0.39 is 0 Å². The van der Waals surface area contributed by atoms with Gasteiger partial charge >= 0.3 is 0 Å². The van der Waals surface area contributed by atoms with Crippen molar-refractivity contribution in [2.24, 2.45) is 0 Å². The summed E-state index contributed by atoms with van der Waals surface area (Å²) < 4.78 is 0. The van der Waals surface area contributed by atoms with Gasteiger partial charge in [0.25, 0.3) is 0 Å². The molecule has 3 heteroatoms. The maximum absolute atomic E-state index is 4.27. The fourth-order valence-electron chi connectivity index (χ4n) is 3.37. The fourth-order valence-corrected chi connectivity index (χ4v) is 3.37. The van der Waals surface area contributed by atoms with Crippen molar-refractivity contribution in [1.29, 1.82) is 0 Å². The third-order valence-corrected chi connectivity index (χ3v) is 4.61. The molecule has 0 radical (unpaired) electrons. The number of rotatable bonds is 4. The van der Waals surface area contributed by atoms with Crippen LogP contribution in [0.4, 0.5) is 0 Å². The average Bonchev–Trinajstić information content (AvgIpc) is 2.36. The number of piperidine rings is 1. The van der Waals surface area contributed by atoms with Crippen molar-refractivity contribution >= 4 is 0 Å². The van der Waals surface area contributed by atoms with Crippen LogP contribution in [0.1, 0.15) is 47.0 Å². The number of hydrogen-bond donors (Lipinski definition) is 1. The zero-order chi connectivity index (χ0) is 14.8. The Bertz CT molecular complexity index is 332. The minimum Gasteiger partial charge on any atom is -0.308 e. The Morgan fingerprint density at radius 3 is 2.70 bits per heavy atom. The number of nitrogens with zero attached hydrogens (tertiary/aromatic N) is 2. The van der Waals surface area contributed by atoms with Gasteiger partial charge in [-0.05, 0) is 52.7 Å². The molecule has 2 atom stereocenters. The zero-order valence-corrected chi connectivity index (χ0v) is 13.9. The minimum atomic E-state index is 0.177. The summed E-state index contributed by atoms with van der Waals surface area (Å²) in [6.07, 6.45) is 4.19. The van der Waals surface area contributed by atoms with Crippen molar-refractivity contribution in [2.75, 3.05) is 32.7 Å². The van der Waals surface area contributed by atoms with Crippen LogP contribution in [-0.2, 0) is 0 Å². The quantitative estimate of drug-likeness (QED) is 0.798. The second kappa shape index (κ2) is 6.59. The summed E-state index contributed by atoms with van der Waals surface area (Å²) in [7, 11) is 0. The largest absolute Gasteiger partial charge is 0.308 e. The molecule has 0 aliphatic carbocycles. The lowest BCUT2D eigenvalue weighted by atomic mass is 9.97. The summed E-state index contributed by atoms with van der Waals surface area (Å²) in [5.74, 6) is 0. The summed E-state index contributed by atoms with van der Waals surface area (Å²) in [5, 5.41) is 3.55. The van der Waals surface area contributed by atoms with E-state index in [0.717, 1.165) is 19.1 Å². The van der Waals surface area contributed by atoms with Crippen LogP contribution in [0.3, 0.4) is 0 Å². The van der Waals surface area contributed by atoms with E-state index in [0.29, 0.717) is 6.04 Å². The number of nitrogens with one attached hydrogen (secondary N) is 1. The molecule has 2 unspecified atom stereocenters. The van der Waals surface area contributed by atoms with Gasteiger partial charge in [0.15, 0.2) is 0 Å². The van der Waals surface area contributed by atoms with Crippen molar-refractivity contribution < 1.29 is 0 Å². The van der Waals surface area contributed by atoms with Crippen LogP contribution >= 0.6 is 0 Å². The molecule has 2 fully saturated rings.